The molecule has 3 aromatic rings. The van der Waals surface area contributed by atoms with Gasteiger partial charge in [0, 0.05) is 5.92 Å². The second kappa shape index (κ2) is 5.38. The van der Waals surface area contributed by atoms with Crippen molar-refractivity contribution in [1.82, 2.24) is 13.9 Å². The van der Waals surface area contributed by atoms with Crippen LogP contribution in [0.5, 0.6) is 0 Å². The first-order chi connectivity index (χ1) is 14.1. The molecular weight excluding hydrogens is 362 g/mol. The van der Waals surface area contributed by atoms with Crippen molar-refractivity contribution in [2.45, 2.75) is 31.3 Å². The van der Waals surface area contributed by atoms with Crippen LogP contribution in [0.15, 0.2) is 93.6 Å². The summed E-state index contributed by atoms with van der Waals surface area (Å²) in [4.78, 5) is 26.9. The molecule has 29 heavy (non-hydrogen) atoms. The van der Waals surface area contributed by atoms with Crippen molar-refractivity contribution in [2.24, 2.45) is 5.92 Å². The van der Waals surface area contributed by atoms with Gasteiger partial charge in [0.05, 0.1) is 23.2 Å². The van der Waals surface area contributed by atoms with E-state index in [-0.39, 0.29) is 34.8 Å². The van der Waals surface area contributed by atoms with E-state index >= 15 is 0 Å². The standard InChI is InChI=1S/C24H21N3O2/c1-15-16(2)24(17-9-5-3-6-10-17)20-14-13-19(21(15)24)26-22(28)25(23(29)27(20)26)18-11-7-4-8-12-18/h3-14,19-21H,1-2H3/t19-,20-,21+,24+/m1/s1. The van der Waals surface area contributed by atoms with Crippen LogP contribution < -0.4 is 11.4 Å². The van der Waals surface area contributed by atoms with E-state index in [4.69, 9.17) is 0 Å². The van der Waals surface area contributed by atoms with E-state index in [1.165, 1.54) is 21.3 Å². The molecule has 5 nitrogen and oxygen atoms in total. The minimum absolute atomic E-state index is 0.158. The van der Waals surface area contributed by atoms with Gasteiger partial charge in [0.1, 0.15) is 0 Å². The van der Waals surface area contributed by atoms with Gasteiger partial charge in [-0.2, -0.15) is 0 Å². The molecule has 0 radical (unpaired) electrons. The summed E-state index contributed by atoms with van der Waals surface area (Å²) < 4.78 is 4.68. The Balaban J connectivity index is 1.67. The average molecular weight is 383 g/mol. The highest BCUT2D eigenvalue weighted by Gasteiger charge is 2.64. The molecule has 0 unspecified atom stereocenters. The number of aromatic nitrogens is 3. The normalized spacial score (nSPS) is 28.8. The molecule has 2 aliphatic heterocycles. The summed E-state index contributed by atoms with van der Waals surface area (Å²) in [5, 5.41) is 0. The lowest BCUT2D eigenvalue weighted by atomic mass is 9.46. The van der Waals surface area contributed by atoms with Gasteiger partial charge in [-0.05, 0) is 31.5 Å². The Kier molecular flexibility index (Phi) is 3.08. The van der Waals surface area contributed by atoms with Gasteiger partial charge >= 0.3 is 11.4 Å². The second-order valence-electron chi connectivity index (χ2n) is 8.27. The van der Waals surface area contributed by atoms with Crippen molar-refractivity contribution < 1.29 is 0 Å². The zero-order valence-electron chi connectivity index (χ0n) is 16.3. The Morgan fingerprint density at radius 1 is 0.793 bits per heavy atom. The zero-order chi connectivity index (χ0) is 19.9. The van der Waals surface area contributed by atoms with Crippen LogP contribution in [0.2, 0.25) is 0 Å². The van der Waals surface area contributed by atoms with Crippen molar-refractivity contribution in [3.8, 4) is 5.69 Å². The van der Waals surface area contributed by atoms with Crippen LogP contribution in [-0.4, -0.2) is 13.9 Å². The predicted molar refractivity (Wildman–Crippen MR) is 111 cm³/mol. The van der Waals surface area contributed by atoms with Crippen molar-refractivity contribution in [2.75, 3.05) is 0 Å². The van der Waals surface area contributed by atoms with E-state index in [1.807, 2.05) is 24.3 Å². The Bertz CT molecular complexity index is 1320. The third-order valence-electron chi connectivity index (χ3n) is 7.29. The summed E-state index contributed by atoms with van der Waals surface area (Å²) in [5.41, 5.74) is 3.65. The van der Waals surface area contributed by atoms with Crippen molar-refractivity contribution >= 4 is 0 Å². The summed E-state index contributed by atoms with van der Waals surface area (Å²) in [5.74, 6) is 0.184. The van der Waals surface area contributed by atoms with Crippen LogP contribution in [0.1, 0.15) is 31.5 Å². The first-order valence-corrected chi connectivity index (χ1v) is 10.0. The van der Waals surface area contributed by atoms with Gasteiger partial charge in [0.25, 0.3) is 0 Å². The average Bonchev–Trinajstić information content (AvgIpc) is 3.05. The number of hydrogen-bond donors (Lipinski definition) is 0. The summed E-state index contributed by atoms with van der Waals surface area (Å²) >= 11 is 0. The molecule has 0 fully saturated rings. The zero-order valence-corrected chi connectivity index (χ0v) is 16.3. The Hall–Kier alpha value is -3.34. The molecule has 2 bridgehead atoms. The highest BCUT2D eigenvalue weighted by Crippen LogP contribution is 2.66. The molecule has 7 rings (SSSR count). The highest BCUT2D eigenvalue weighted by molar-refractivity contribution is 5.56. The molecule has 4 aliphatic rings. The number of benzene rings is 2. The summed E-state index contributed by atoms with van der Waals surface area (Å²) in [6.45, 7) is 4.34. The van der Waals surface area contributed by atoms with Crippen molar-refractivity contribution in [3.63, 3.8) is 0 Å². The highest BCUT2D eigenvalue weighted by atomic mass is 16.2. The molecule has 5 heteroatoms. The summed E-state index contributed by atoms with van der Waals surface area (Å²) in [6, 6.07) is 19.3. The maximum Gasteiger partial charge on any atom is 0.352 e. The van der Waals surface area contributed by atoms with Gasteiger partial charge in [-0.3, -0.25) is 0 Å². The molecule has 1 aromatic heterocycles. The molecule has 144 valence electrons. The number of hydrogen-bond acceptors (Lipinski definition) is 2. The van der Waals surface area contributed by atoms with Crippen LogP contribution in [0.4, 0.5) is 0 Å². The minimum Gasteiger partial charge on any atom is -0.245 e. The fraction of sp³-hybridized carbons (Fsp3) is 0.250. The van der Waals surface area contributed by atoms with Crippen molar-refractivity contribution in [3.05, 3.63) is 110 Å². The lowest BCUT2D eigenvalue weighted by Gasteiger charge is -2.62. The lowest BCUT2D eigenvalue weighted by molar-refractivity contribution is 0.0784. The van der Waals surface area contributed by atoms with Crippen LogP contribution in [0, 0.1) is 5.92 Å². The fourth-order valence-corrected chi connectivity index (χ4v) is 6.04. The first kappa shape index (κ1) is 16.6. The molecule has 0 saturated heterocycles. The van der Waals surface area contributed by atoms with Gasteiger partial charge in [-0.15, -0.1) is 0 Å². The van der Waals surface area contributed by atoms with E-state index in [9.17, 15) is 9.59 Å². The quantitative estimate of drug-likeness (QED) is 0.637. The molecule has 0 amide bonds. The predicted octanol–water partition coefficient (Wildman–Crippen LogP) is 3.37. The smallest absolute Gasteiger partial charge is 0.245 e. The first-order valence-electron chi connectivity index (χ1n) is 10.0. The molecule has 0 spiro atoms. The minimum atomic E-state index is -0.274. The Labute approximate surface area is 167 Å². The lowest BCUT2D eigenvalue weighted by Crippen LogP contribution is -2.63. The van der Waals surface area contributed by atoms with Crippen LogP contribution in [0.3, 0.4) is 0 Å². The number of para-hydroxylation sites is 1. The SMILES string of the molecule is CC1=C(C)[C@@]2(c3ccccc3)[C@@H]1[C@H]1C=C[C@H]2n2c(=O)n(-c3ccccc3)c(=O)n21. The summed E-state index contributed by atoms with van der Waals surface area (Å²) in [7, 11) is 0. The maximum atomic E-state index is 13.5. The van der Waals surface area contributed by atoms with E-state index in [2.05, 4.69) is 50.3 Å². The molecule has 4 atom stereocenters. The number of rotatable bonds is 2. The topological polar surface area (TPSA) is 48.9 Å². The van der Waals surface area contributed by atoms with Crippen molar-refractivity contribution in [1.29, 1.82) is 0 Å². The molecule has 0 N–H and O–H groups in total. The molecule has 2 aromatic carbocycles. The van der Waals surface area contributed by atoms with Crippen LogP contribution in [0.25, 0.3) is 5.69 Å². The Morgan fingerprint density at radius 3 is 2.10 bits per heavy atom. The molecular formula is C24H21N3O2. The summed E-state index contributed by atoms with van der Waals surface area (Å²) in [6.07, 6.45) is 4.24. The van der Waals surface area contributed by atoms with Crippen LogP contribution >= 0.6 is 0 Å². The second-order valence-corrected chi connectivity index (χ2v) is 8.27. The largest absolute Gasteiger partial charge is 0.352 e. The Morgan fingerprint density at radius 2 is 1.41 bits per heavy atom. The molecule has 3 heterocycles. The number of allylic oxidation sites excluding steroid dienone is 4. The van der Waals surface area contributed by atoms with E-state index in [0.29, 0.717) is 5.69 Å². The third kappa shape index (κ3) is 1.73. The van der Waals surface area contributed by atoms with Gasteiger partial charge in [0.2, 0.25) is 0 Å². The van der Waals surface area contributed by atoms with Gasteiger partial charge in [-0.25, -0.2) is 23.5 Å². The van der Waals surface area contributed by atoms with E-state index in [1.54, 1.807) is 21.5 Å². The third-order valence-corrected chi connectivity index (χ3v) is 7.29. The van der Waals surface area contributed by atoms with Gasteiger partial charge in [0.15, 0.2) is 0 Å². The van der Waals surface area contributed by atoms with E-state index in [0.717, 1.165) is 0 Å². The fourth-order valence-electron chi connectivity index (χ4n) is 6.04. The molecule has 0 saturated carbocycles. The van der Waals surface area contributed by atoms with E-state index < -0.39 is 0 Å². The number of nitrogens with zero attached hydrogens (tertiary/aromatic N) is 3. The van der Waals surface area contributed by atoms with Crippen LogP contribution in [-0.2, 0) is 5.41 Å². The van der Waals surface area contributed by atoms with Gasteiger partial charge in [-0.1, -0.05) is 71.8 Å². The monoisotopic (exact) mass is 383 g/mol. The molecule has 2 aliphatic carbocycles. The maximum absolute atomic E-state index is 13.5. The van der Waals surface area contributed by atoms with Gasteiger partial charge < -0.3 is 0 Å².